The lowest BCUT2D eigenvalue weighted by atomic mass is 9.43. The summed E-state index contributed by atoms with van der Waals surface area (Å²) >= 11 is 0. The molecule has 9 heteroatoms. The quantitative estimate of drug-likeness (QED) is 0.323. The van der Waals surface area contributed by atoms with Crippen molar-refractivity contribution in [1.82, 2.24) is 11.5 Å². The third kappa shape index (κ3) is 5.44. The van der Waals surface area contributed by atoms with Crippen LogP contribution in [-0.4, -0.2) is 53.6 Å². The Balaban J connectivity index is 0.00000342. The molecule has 1 amide bonds. The number of hydrogen-bond acceptors (Lipinski definition) is 6. The van der Waals surface area contributed by atoms with Crippen LogP contribution in [0.1, 0.15) is 85.0 Å². The van der Waals surface area contributed by atoms with E-state index in [4.69, 9.17) is 4.55 Å². The number of fused-ring (bicyclic) bond motifs is 5. The van der Waals surface area contributed by atoms with E-state index in [1.165, 1.54) is 12.8 Å². The third-order valence-corrected chi connectivity index (χ3v) is 11.7. The Morgan fingerprint density at radius 1 is 1.06 bits per heavy atom. The van der Waals surface area contributed by atoms with Crippen molar-refractivity contribution in [2.45, 2.75) is 97.2 Å². The minimum absolute atomic E-state index is 0. The van der Waals surface area contributed by atoms with Gasteiger partial charge in [0.2, 0.25) is 5.91 Å². The summed E-state index contributed by atoms with van der Waals surface area (Å²) in [6.45, 7) is 6.86. The molecule has 0 heterocycles. The topological polar surface area (TPSA) is 159 Å². The van der Waals surface area contributed by atoms with E-state index < -0.39 is 15.9 Å². The molecule has 10 atom stereocenters. The average molecular weight is 517 g/mol. The predicted molar refractivity (Wildman–Crippen MR) is 135 cm³/mol. The molecule has 0 aromatic carbocycles. The molecule has 4 saturated carbocycles. The minimum atomic E-state index is -4.07. The maximum absolute atomic E-state index is 12.2. The highest BCUT2D eigenvalue weighted by molar-refractivity contribution is 7.85. The SMILES string of the molecule is C[C@H](CCC(=O)NCCS(=O)(=O)O)[C@H]1CCC2C3CCC4C[C@H](O)CC[C@]4(C)C3C[C@H](O)[C@@]21C.N. The fraction of sp³-hybridized carbons (Fsp3) is 0.962. The smallest absolute Gasteiger partial charge is 0.266 e. The van der Waals surface area contributed by atoms with Crippen LogP contribution >= 0.6 is 0 Å². The Labute approximate surface area is 211 Å². The molecule has 4 fully saturated rings. The zero-order chi connectivity index (χ0) is 24.9. The Hall–Kier alpha value is -0.740. The Morgan fingerprint density at radius 2 is 1.77 bits per heavy atom. The van der Waals surface area contributed by atoms with Crippen molar-refractivity contribution < 1.29 is 28.0 Å². The summed E-state index contributed by atoms with van der Waals surface area (Å²) in [4.78, 5) is 12.2. The molecule has 4 aliphatic carbocycles. The van der Waals surface area contributed by atoms with Crippen LogP contribution in [0.2, 0.25) is 0 Å². The molecular weight excluding hydrogens is 468 g/mol. The molecule has 0 aromatic rings. The maximum Gasteiger partial charge on any atom is 0.266 e. The molecule has 0 radical (unpaired) electrons. The number of hydrogen-bond donors (Lipinski definition) is 5. The van der Waals surface area contributed by atoms with Gasteiger partial charge in [0.25, 0.3) is 10.1 Å². The first-order chi connectivity index (χ1) is 15.9. The van der Waals surface area contributed by atoms with Crippen LogP contribution < -0.4 is 11.5 Å². The van der Waals surface area contributed by atoms with E-state index in [0.29, 0.717) is 48.3 Å². The number of amides is 1. The molecule has 204 valence electrons. The highest BCUT2D eigenvalue weighted by atomic mass is 32.2. The van der Waals surface area contributed by atoms with Crippen LogP contribution in [0.5, 0.6) is 0 Å². The Kier molecular flexibility index (Phi) is 8.69. The van der Waals surface area contributed by atoms with Crippen molar-refractivity contribution in [3.05, 3.63) is 0 Å². The number of aliphatic hydroxyl groups excluding tert-OH is 2. The lowest BCUT2D eigenvalue weighted by Crippen LogP contribution is -2.58. The lowest BCUT2D eigenvalue weighted by Gasteiger charge is -2.62. The van der Waals surface area contributed by atoms with Crippen molar-refractivity contribution in [3.63, 3.8) is 0 Å². The fourth-order valence-electron chi connectivity index (χ4n) is 9.13. The van der Waals surface area contributed by atoms with Crippen LogP contribution in [0, 0.1) is 46.3 Å². The Morgan fingerprint density at radius 3 is 2.46 bits per heavy atom. The highest BCUT2D eigenvalue weighted by Gasteiger charge is 2.63. The molecule has 4 aliphatic rings. The molecule has 0 saturated heterocycles. The second-order valence-electron chi connectivity index (χ2n) is 12.5. The summed E-state index contributed by atoms with van der Waals surface area (Å²) in [7, 11) is -4.07. The van der Waals surface area contributed by atoms with Gasteiger partial charge in [0.05, 0.1) is 18.0 Å². The first-order valence-electron chi connectivity index (χ1n) is 13.4. The van der Waals surface area contributed by atoms with Gasteiger partial charge >= 0.3 is 0 Å². The minimum Gasteiger partial charge on any atom is -0.393 e. The number of carbonyl (C=O) groups is 1. The number of carbonyl (C=O) groups excluding carboxylic acids is 1. The Bertz CT molecular complexity index is 868. The zero-order valence-corrected chi connectivity index (χ0v) is 22.6. The number of nitrogens with one attached hydrogen (secondary N) is 1. The third-order valence-electron chi connectivity index (χ3n) is 11.0. The van der Waals surface area contributed by atoms with Crippen LogP contribution in [0.4, 0.5) is 0 Å². The summed E-state index contributed by atoms with van der Waals surface area (Å²) in [6.07, 6.45) is 8.93. The average Bonchev–Trinajstić information content (AvgIpc) is 3.11. The molecule has 35 heavy (non-hydrogen) atoms. The van der Waals surface area contributed by atoms with Crippen molar-refractivity contribution in [3.8, 4) is 0 Å². The van der Waals surface area contributed by atoms with Crippen LogP contribution in [-0.2, 0) is 14.9 Å². The van der Waals surface area contributed by atoms with E-state index in [2.05, 4.69) is 26.1 Å². The van der Waals surface area contributed by atoms with Crippen LogP contribution in [0.3, 0.4) is 0 Å². The molecule has 4 unspecified atom stereocenters. The van der Waals surface area contributed by atoms with Crippen molar-refractivity contribution >= 4 is 16.0 Å². The largest absolute Gasteiger partial charge is 0.393 e. The van der Waals surface area contributed by atoms with Crippen LogP contribution in [0.15, 0.2) is 0 Å². The van der Waals surface area contributed by atoms with Gasteiger partial charge in [0, 0.05) is 13.0 Å². The summed E-state index contributed by atoms with van der Waals surface area (Å²) in [5.74, 6) is 2.28. The first kappa shape index (κ1) is 28.8. The van der Waals surface area contributed by atoms with E-state index in [-0.39, 0.29) is 41.6 Å². The second kappa shape index (κ2) is 10.6. The van der Waals surface area contributed by atoms with Gasteiger partial charge in [0.15, 0.2) is 0 Å². The predicted octanol–water partition coefficient (Wildman–Crippen LogP) is 3.56. The summed E-state index contributed by atoms with van der Waals surface area (Å²) < 4.78 is 30.5. The van der Waals surface area contributed by atoms with Gasteiger partial charge in [-0.1, -0.05) is 20.8 Å². The molecule has 8 nitrogen and oxygen atoms in total. The van der Waals surface area contributed by atoms with Gasteiger partial charge in [-0.05, 0) is 104 Å². The normalized spacial score (nSPS) is 43.8. The van der Waals surface area contributed by atoms with Crippen molar-refractivity contribution in [1.29, 1.82) is 0 Å². The molecule has 0 aromatic heterocycles. The number of aliphatic hydroxyl groups is 2. The molecule has 0 spiro atoms. The summed E-state index contributed by atoms with van der Waals surface area (Å²) in [5.41, 5.74) is 0.105. The molecule has 7 N–H and O–H groups in total. The van der Waals surface area contributed by atoms with Crippen molar-refractivity contribution in [2.24, 2.45) is 46.3 Å². The van der Waals surface area contributed by atoms with Gasteiger partial charge in [-0.15, -0.1) is 0 Å². The molecule has 0 aliphatic heterocycles. The zero-order valence-electron chi connectivity index (χ0n) is 21.8. The van der Waals surface area contributed by atoms with E-state index >= 15 is 0 Å². The van der Waals surface area contributed by atoms with E-state index in [0.717, 1.165) is 38.5 Å². The lowest BCUT2D eigenvalue weighted by molar-refractivity contribution is -0.174. The van der Waals surface area contributed by atoms with E-state index in [1.54, 1.807) is 0 Å². The van der Waals surface area contributed by atoms with E-state index in [1.807, 2.05) is 0 Å². The van der Waals surface area contributed by atoms with Crippen molar-refractivity contribution in [2.75, 3.05) is 12.3 Å². The molecule has 4 rings (SSSR count). The standard InChI is InChI=1S/C26H45NO6S.H3N/c1-16(4-9-24(30)27-12-13-34(31,32)33)20-7-8-21-19-6-5-17-14-18(28)10-11-25(17,2)22(19)15-23(29)26(20,21)3;/h16-23,28-29H,4-15H2,1-3H3,(H,27,30)(H,31,32,33);1H3/t16-,17?,18-,19?,20-,21?,22?,23+,25+,26-;/m1./s1. The summed E-state index contributed by atoms with van der Waals surface area (Å²) in [6, 6.07) is 0. The van der Waals surface area contributed by atoms with E-state index in [9.17, 15) is 23.4 Å². The van der Waals surface area contributed by atoms with Gasteiger partial charge < -0.3 is 21.7 Å². The van der Waals surface area contributed by atoms with Gasteiger partial charge in [-0.3, -0.25) is 9.35 Å². The van der Waals surface area contributed by atoms with Gasteiger partial charge in [0.1, 0.15) is 0 Å². The fourth-order valence-corrected chi connectivity index (χ4v) is 9.49. The van der Waals surface area contributed by atoms with Gasteiger partial charge in [-0.2, -0.15) is 8.42 Å². The number of rotatable bonds is 7. The first-order valence-corrected chi connectivity index (χ1v) is 15.0. The summed E-state index contributed by atoms with van der Waals surface area (Å²) in [5, 5.41) is 24.5. The maximum atomic E-state index is 12.2. The molecular formula is C26H48N2O6S. The highest BCUT2D eigenvalue weighted by Crippen LogP contribution is 2.68. The monoisotopic (exact) mass is 516 g/mol. The van der Waals surface area contributed by atoms with Crippen LogP contribution in [0.25, 0.3) is 0 Å². The van der Waals surface area contributed by atoms with Gasteiger partial charge in [-0.25, -0.2) is 0 Å². The second-order valence-corrected chi connectivity index (χ2v) is 14.1. The molecule has 0 bridgehead atoms.